The smallest absolute Gasteiger partial charge is 0.328 e. The Morgan fingerprint density at radius 3 is 2.18 bits per heavy atom. The molecule has 0 saturated carbocycles. The maximum atomic E-state index is 9.89. The summed E-state index contributed by atoms with van der Waals surface area (Å²) in [6.45, 7) is 1.89. The molecule has 0 amide bonds. The molecule has 1 radical (unpaired) electrons. The van der Waals surface area contributed by atoms with Crippen LogP contribution in [0.1, 0.15) is 6.92 Å². The largest absolute Gasteiger partial charge is 0.478 e. The van der Waals surface area contributed by atoms with Gasteiger partial charge >= 0.3 is 5.97 Å². The first kappa shape index (κ1) is 13.9. The van der Waals surface area contributed by atoms with Gasteiger partial charge in [-0.3, -0.25) is 0 Å². The van der Waals surface area contributed by atoms with Crippen molar-refractivity contribution in [2.45, 2.75) is 6.92 Å². The molecule has 0 spiro atoms. The van der Waals surface area contributed by atoms with Gasteiger partial charge in [0, 0.05) is 57.5 Å². The van der Waals surface area contributed by atoms with Crippen LogP contribution in [-0.2, 0) is 4.79 Å². The summed E-state index contributed by atoms with van der Waals surface area (Å²) >= 11 is 0. The van der Waals surface area contributed by atoms with Crippen molar-refractivity contribution in [3.05, 3.63) is 36.5 Å². The minimum atomic E-state index is -0.926. The topological polar surface area (TPSA) is 37.3 Å². The Morgan fingerprint density at radius 2 is 1.73 bits per heavy atom. The standard InChI is InChI=1S/C8H10O2.K/c1-2-3-4-5-6-7-8(9)10;/h2-7H,1H3,(H,9,10);. The van der Waals surface area contributed by atoms with Gasteiger partial charge in [-0.1, -0.05) is 30.4 Å². The van der Waals surface area contributed by atoms with Crippen LogP contribution in [0.15, 0.2) is 36.5 Å². The molecule has 11 heavy (non-hydrogen) atoms. The van der Waals surface area contributed by atoms with Crippen molar-refractivity contribution < 1.29 is 9.90 Å². The van der Waals surface area contributed by atoms with Crippen molar-refractivity contribution in [2.75, 3.05) is 0 Å². The van der Waals surface area contributed by atoms with E-state index in [4.69, 9.17) is 5.11 Å². The van der Waals surface area contributed by atoms with E-state index in [0.717, 1.165) is 6.08 Å². The van der Waals surface area contributed by atoms with E-state index in [1.807, 2.05) is 19.1 Å². The molecule has 0 aromatic heterocycles. The van der Waals surface area contributed by atoms with Crippen LogP contribution in [0.3, 0.4) is 0 Å². The van der Waals surface area contributed by atoms with Crippen LogP contribution in [0.5, 0.6) is 0 Å². The third-order valence-corrected chi connectivity index (χ3v) is 0.765. The van der Waals surface area contributed by atoms with Crippen LogP contribution >= 0.6 is 0 Å². The third-order valence-electron chi connectivity index (χ3n) is 0.765. The first-order chi connectivity index (χ1) is 4.77. The van der Waals surface area contributed by atoms with E-state index in [1.54, 1.807) is 12.2 Å². The molecule has 0 atom stereocenters. The molecule has 0 rings (SSSR count). The Hall–Kier alpha value is 0.326. The van der Waals surface area contributed by atoms with Gasteiger partial charge in [-0.15, -0.1) is 0 Å². The molecule has 0 bridgehead atoms. The van der Waals surface area contributed by atoms with Gasteiger partial charge in [0.25, 0.3) is 0 Å². The first-order valence-corrected chi connectivity index (χ1v) is 2.96. The average Bonchev–Trinajstić information content (AvgIpc) is 1.87. The molecule has 55 valence electrons. The molecular formula is C8H10KO2. The first-order valence-electron chi connectivity index (χ1n) is 2.96. The fourth-order valence-electron chi connectivity index (χ4n) is 0.377. The van der Waals surface area contributed by atoms with Crippen molar-refractivity contribution >= 4 is 57.4 Å². The molecule has 0 aromatic carbocycles. The molecular weight excluding hydrogens is 167 g/mol. The number of carbonyl (C=O) groups is 1. The molecule has 0 aliphatic rings. The zero-order valence-corrected chi connectivity index (χ0v) is 9.94. The number of hydrogen-bond donors (Lipinski definition) is 1. The average molecular weight is 177 g/mol. The summed E-state index contributed by atoms with van der Waals surface area (Å²) in [6.07, 6.45) is 9.67. The van der Waals surface area contributed by atoms with E-state index in [0.29, 0.717) is 0 Å². The molecule has 0 aromatic rings. The number of carboxylic acids is 1. The van der Waals surface area contributed by atoms with Gasteiger partial charge in [0.2, 0.25) is 0 Å². The van der Waals surface area contributed by atoms with Gasteiger partial charge in [0.1, 0.15) is 0 Å². The van der Waals surface area contributed by atoms with E-state index in [2.05, 4.69) is 0 Å². The molecule has 1 N–H and O–H groups in total. The molecule has 0 saturated heterocycles. The minimum absolute atomic E-state index is 0. The maximum absolute atomic E-state index is 9.89. The summed E-state index contributed by atoms with van der Waals surface area (Å²) in [7, 11) is 0. The van der Waals surface area contributed by atoms with E-state index in [9.17, 15) is 4.79 Å². The van der Waals surface area contributed by atoms with Crippen LogP contribution in [-0.4, -0.2) is 62.5 Å². The Morgan fingerprint density at radius 1 is 1.18 bits per heavy atom. The Kier molecular flexibility index (Phi) is 13.0. The SMILES string of the molecule is CC=CC=CC=CC(=O)O.[K]. The van der Waals surface area contributed by atoms with Gasteiger partial charge in [-0.05, 0) is 6.92 Å². The fourth-order valence-corrected chi connectivity index (χ4v) is 0.377. The molecule has 2 nitrogen and oxygen atoms in total. The van der Waals surface area contributed by atoms with Gasteiger partial charge in [-0.2, -0.15) is 0 Å². The second kappa shape index (κ2) is 10.3. The molecule has 0 fully saturated rings. The Labute approximate surface area is 109 Å². The van der Waals surface area contributed by atoms with E-state index in [1.165, 1.54) is 6.08 Å². The van der Waals surface area contributed by atoms with Crippen LogP contribution < -0.4 is 0 Å². The zero-order valence-electron chi connectivity index (χ0n) is 6.82. The minimum Gasteiger partial charge on any atom is -0.478 e. The summed E-state index contributed by atoms with van der Waals surface area (Å²) in [5.41, 5.74) is 0. The number of hydrogen-bond acceptors (Lipinski definition) is 1. The monoisotopic (exact) mass is 177 g/mol. The van der Waals surface area contributed by atoms with Crippen molar-refractivity contribution in [3.8, 4) is 0 Å². The number of carboxylic acid groups (broad SMARTS) is 1. The zero-order chi connectivity index (χ0) is 7.82. The number of rotatable bonds is 3. The number of allylic oxidation sites excluding steroid dienone is 5. The molecule has 3 heteroatoms. The van der Waals surface area contributed by atoms with E-state index in [-0.39, 0.29) is 51.4 Å². The molecule has 0 heterocycles. The quantitative estimate of drug-likeness (QED) is 0.402. The Balaban J connectivity index is 0. The predicted octanol–water partition coefficient (Wildman–Crippen LogP) is 1.38. The second-order valence-electron chi connectivity index (χ2n) is 1.61. The van der Waals surface area contributed by atoms with E-state index >= 15 is 0 Å². The number of aliphatic carboxylic acids is 1. The summed E-state index contributed by atoms with van der Waals surface area (Å²) < 4.78 is 0. The van der Waals surface area contributed by atoms with Crippen molar-refractivity contribution in [3.63, 3.8) is 0 Å². The molecule has 0 unspecified atom stereocenters. The maximum Gasteiger partial charge on any atom is 0.328 e. The fraction of sp³-hybridized carbons (Fsp3) is 0.125. The molecule has 0 aliphatic heterocycles. The summed E-state index contributed by atoms with van der Waals surface area (Å²) in [4.78, 5) is 9.89. The summed E-state index contributed by atoms with van der Waals surface area (Å²) in [6, 6.07) is 0. The molecule has 0 aliphatic carbocycles. The normalized spacial score (nSPS) is 11.0. The summed E-state index contributed by atoms with van der Waals surface area (Å²) in [5.74, 6) is -0.926. The van der Waals surface area contributed by atoms with Gasteiger partial charge in [0.05, 0.1) is 0 Å². The van der Waals surface area contributed by atoms with Crippen LogP contribution in [0.2, 0.25) is 0 Å². The van der Waals surface area contributed by atoms with Crippen molar-refractivity contribution in [1.29, 1.82) is 0 Å². The van der Waals surface area contributed by atoms with Crippen LogP contribution in [0.4, 0.5) is 0 Å². The Bertz CT molecular complexity index is 181. The second-order valence-corrected chi connectivity index (χ2v) is 1.61. The van der Waals surface area contributed by atoms with Crippen molar-refractivity contribution in [2.24, 2.45) is 0 Å². The van der Waals surface area contributed by atoms with Gasteiger partial charge in [0.15, 0.2) is 0 Å². The van der Waals surface area contributed by atoms with Crippen LogP contribution in [0.25, 0.3) is 0 Å². The third kappa shape index (κ3) is 13.3. The van der Waals surface area contributed by atoms with Crippen LogP contribution in [0, 0.1) is 0 Å². The van der Waals surface area contributed by atoms with Gasteiger partial charge in [-0.25, -0.2) is 4.79 Å². The van der Waals surface area contributed by atoms with Gasteiger partial charge < -0.3 is 5.11 Å². The predicted molar refractivity (Wildman–Crippen MR) is 46.5 cm³/mol. The summed E-state index contributed by atoms with van der Waals surface area (Å²) in [5, 5.41) is 8.13. The van der Waals surface area contributed by atoms with E-state index < -0.39 is 5.97 Å². The van der Waals surface area contributed by atoms with Crippen molar-refractivity contribution in [1.82, 2.24) is 0 Å².